The summed E-state index contributed by atoms with van der Waals surface area (Å²) in [6, 6.07) is 25.2. The highest BCUT2D eigenvalue weighted by atomic mass is 16.5. The summed E-state index contributed by atoms with van der Waals surface area (Å²) in [6.07, 6.45) is 3.02. The number of benzene rings is 3. The normalized spacial score (nSPS) is 11.1. The van der Waals surface area contributed by atoms with E-state index in [2.05, 4.69) is 43.2 Å². The monoisotopic (exact) mass is 486 g/mol. The Hall–Kier alpha value is -3.90. The third kappa shape index (κ3) is 6.83. The molecule has 0 spiro atoms. The van der Waals surface area contributed by atoms with Gasteiger partial charge >= 0.3 is 5.97 Å². The van der Waals surface area contributed by atoms with Crippen molar-refractivity contribution in [1.29, 1.82) is 0 Å². The first kappa shape index (κ1) is 26.7. The fraction of sp³-hybridized carbons (Fsp3) is 0.267. The lowest BCUT2D eigenvalue weighted by Crippen LogP contribution is -2.34. The van der Waals surface area contributed by atoms with Crippen LogP contribution in [0, 0.1) is 0 Å². The van der Waals surface area contributed by atoms with Crippen molar-refractivity contribution in [2.24, 2.45) is 0 Å². The Morgan fingerprint density at radius 1 is 0.917 bits per heavy atom. The quantitative estimate of drug-likeness (QED) is 0.182. The molecule has 0 radical (unpaired) electrons. The van der Waals surface area contributed by atoms with Crippen LogP contribution in [0.5, 0.6) is 0 Å². The predicted octanol–water partition coefficient (Wildman–Crippen LogP) is 5.90. The van der Waals surface area contributed by atoms with E-state index in [1.54, 1.807) is 12.1 Å². The number of ether oxygens (including phenoxy) is 1. The van der Waals surface area contributed by atoms with E-state index < -0.39 is 0 Å². The molecule has 0 bridgehead atoms. The second-order valence-electron chi connectivity index (χ2n) is 9.53. The van der Waals surface area contributed by atoms with E-state index in [1.807, 2.05) is 60.8 Å². The van der Waals surface area contributed by atoms with Gasteiger partial charge in [0.05, 0.1) is 34.2 Å². The van der Waals surface area contributed by atoms with Crippen LogP contribution in [0.15, 0.2) is 85.1 Å². The van der Waals surface area contributed by atoms with Gasteiger partial charge < -0.3 is 14.6 Å². The molecule has 0 aliphatic heterocycles. The van der Waals surface area contributed by atoms with Gasteiger partial charge in [0, 0.05) is 34.9 Å². The maximum absolute atomic E-state index is 12.4. The minimum absolute atomic E-state index is 0. The molecule has 0 saturated carbocycles. The topological polar surface area (TPSA) is 60.3 Å². The van der Waals surface area contributed by atoms with Crippen LogP contribution in [0.3, 0.4) is 0 Å². The van der Waals surface area contributed by atoms with Crippen molar-refractivity contribution >= 4 is 34.2 Å². The second kappa shape index (κ2) is 11.7. The molecule has 3 aromatic carbocycles. The molecule has 1 N–H and O–H groups in total. The summed E-state index contributed by atoms with van der Waals surface area (Å²) in [6.45, 7) is 1.12. The first-order valence-electron chi connectivity index (χ1n) is 11.8. The fourth-order valence-electron chi connectivity index (χ4n) is 3.97. The van der Waals surface area contributed by atoms with Crippen LogP contribution >= 0.6 is 0 Å². The molecule has 6 heteroatoms. The molecule has 0 atom stereocenters. The lowest BCUT2D eigenvalue weighted by molar-refractivity contribution is -0.143. The number of quaternary nitrogens is 1. The Labute approximate surface area is 213 Å². The number of carbonyl (C=O) groups is 2. The van der Waals surface area contributed by atoms with Gasteiger partial charge in [0.15, 0.2) is 0 Å². The number of hydrogen-bond donors (Lipinski definition) is 1. The molecule has 6 nitrogen and oxygen atoms in total. The van der Waals surface area contributed by atoms with Crippen molar-refractivity contribution in [2.75, 3.05) is 33.1 Å². The van der Waals surface area contributed by atoms with Crippen molar-refractivity contribution in [2.45, 2.75) is 26.8 Å². The van der Waals surface area contributed by atoms with Gasteiger partial charge in [0.1, 0.15) is 5.69 Å². The van der Waals surface area contributed by atoms with Gasteiger partial charge in [-0.15, -0.1) is 0 Å². The van der Waals surface area contributed by atoms with E-state index in [0.717, 1.165) is 39.6 Å². The van der Waals surface area contributed by atoms with Crippen LogP contribution in [-0.2, 0) is 22.5 Å². The van der Waals surface area contributed by atoms with Crippen molar-refractivity contribution < 1.29 is 14.3 Å². The number of fused-ring (bicyclic) bond motifs is 1. The number of nitrogens with zero attached hydrogens (tertiary/aromatic N) is 2. The van der Waals surface area contributed by atoms with Gasteiger partial charge in [-0.1, -0.05) is 37.8 Å². The van der Waals surface area contributed by atoms with Gasteiger partial charge in [-0.2, -0.15) is 0 Å². The SMILES string of the molecule is C.C[N+](C)(C)c1ccc(CC(=O)OCCCn2ccc3cc(NC(=O)c4ccccc4)ccc32)cc1. The van der Waals surface area contributed by atoms with Crippen LogP contribution in [0.2, 0.25) is 0 Å². The molecule has 4 rings (SSSR count). The first-order chi connectivity index (χ1) is 16.8. The van der Waals surface area contributed by atoms with Gasteiger partial charge in [-0.3, -0.25) is 14.1 Å². The average molecular weight is 487 g/mol. The number of carbonyl (C=O) groups excluding carboxylic acids is 2. The lowest BCUT2D eigenvalue weighted by Gasteiger charge is -2.23. The Kier molecular flexibility index (Phi) is 8.67. The molecule has 4 aromatic rings. The van der Waals surface area contributed by atoms with Crippen molar-refractivity contribution in [3.63, 3.8) is 0 Å². The molecular formula is C30H36N3O3+. The molecule has 188 valence electrons. The molecule has 0 aliphatic carbocycles. The maximum atomic E-state index is 12.4. The van der Waals surface area contributed by atoms with E-state index in [0.29, 0.717) is 12.2 Å². The van der Waals surface area contributed by atoms with E-state index in [9.17, 15) is 9.59 Å². The summed E-state index contributed by atoms with van der Waals surface area (Å²) in [7, 11) is 6.33. The van der Waals surface area contributed by atoms with Crippen LogP contribution in [0.4, 0.5) is 11.4 Å². The number of aromatic nitrogens is 1. The summed E-state index contributed by atoms with van der Waals surface area (Å²) < 4.78 is 8.33. The summed E-state index contributed by atoms with van der Waals surface area (Å²) in [4.78, 5) is 24.6. The molecule has 0 saturated heterocycles. The van der Waals surface area contributed by atoms with Crippen molar-refractivity contribution in [3.05, 3.63) is 96.2 Å². The number of nitrogens with one attached hydrogen (secondary N) is 1. The molecule has 1 aromatic heterocycles. The Morgan fingerprint density at radius 2 is 1.64 bits per heavy atom. The molecule has 1 heterocycles. The van der Waals surface area contributed by atoms with Crippen LogP contribution in [0.25, 0.3) is 10.9 Å². The highest BCUT2D eigenvalue weighted by molar-refractivity contribution is 6.05. The molecular weight excluding hydrogens is 450 g/mol. The number of hydrogen-bond acceptors (Lipinski definition) is 3. The van der Waals surface area contributed by atoms with E-state index in [1.165, 1.54) is 5.69 Å². The molecule has 0 unspecified atom stereocenters. The smallest absolute Gasteiger partial charge is 0.310 e. The third-order valence-corrected chi connectivity index (χ3v) is 5.93. The second-order valence-corrected chi connectivity index (χ2v) is 9.53. The zero-order valence-electron chi connectivity index (χ0n) is 20.5. The van der Waals surface area contributed by atoms with E-state index in [-0.39, 0.29) is 25.7 Å². The molecule has 0 aliphatic rings. The van der Waals surface area contributed by atoms with E-state index >= 15 is 0 Å². The molecule has 36 heavy (non-hydrogen) atoms. The van der Waals surface area contributed by atoms with Crippen molar-refractivity contribution in [1.82, 2.24) is 9.05 Å². The molecule has 1 amide bonds. The first-order valence-corrected chi connectivity index (χ1v) is 11.8. The maximum Gasteiger partial charge on any atom is 0.310 e. The van der Waals surface area contributed by atoms with Crippen LogP contribution in [-0.4, -0.2) is 44.2 Å². The Bertz CT molecular complexity index is 1300. The predicted molar refractivity (Wildman–Crippen MR) is 148 cm³/mol. The van der Waals surface area contributed by atoms with Gasteiger partial charge in [-0.05, 0) is 60.5 Å². The standard InChI is InChI=1S/C29H31N3O3.CH4/c1-32(2,3)26-13-10-22(11-14-26)20-28(33)35-19-7-17-31-18-16-24-21-25(12-15-27(24)31)30-29(34)23-8-5-4-6-9-23;/h4-6,8-16,18,21H,7,17,19-20H2,1-3H3;1H4/p+1. The average Bonchev–Trinajstić information content (AvgIpc) is 3.24. The summed E-state index contributed by atoms with van der Waals surface area (Å²) in [5.74, 6) is -0.338. The highest BCUT2D eigenvalue weighted by Gasteiger charge is 2.12. The van der Waals surface area contributed by atoms with Gasteiger partial charge in [0.25, 0.3) is 5.91 Å². The lowest BCUT2D eigenvalue weighted by atomic mass is 10.1. The Balaban J connectivity index is 0.00000361. The number of esters is 1. The number of anilines is 1. The minimum atomic E-state index is -0.209. The number of rotatable bonds is 9. The van der Waals surface area contributed by atoms with E-state index in [4.69, 9.17) is 4.74 Å². The largest absolute Gasteiger partial charge is 0.465 e. The summed E-state index contributed by atoms with van der Waals surface area (Å²) in [5.41, 5.74) is 4.60. The third-order valence-electron chi connectivity index (χ3n) is 5.93. The Morgan fingerprint density at radius 3 is 2.33 bits per heavy atom. The fourth-order valence-corrected chi connectivity index (χ4v) is 3.97. The van der Waals surface area contributed by atoms with Crippen molar-refractivity contribution in [3.8, 4) is 0 Å². The zero-order valence-corrected chi connectivity index (χ0v) is 20.5. The van der Waals surface area contributed by atoms with Gasteiger partial charge in [-0.25, -0.2) is 0 Å². The van der Waals surface area contributed by atoms with Gasteiger partial charge in [0.2, 0.25) is 0 Å². The number of aryl methyl sites for hydroxylation is 1. The molecule has 0 fully saturated rings. The zero-order chi connectivity index (χ0) is 24.8. The van der Waals surface area contributed by atoms with Crippen LogP contribution < -0.4 is 9.80 Å². The summed E-state index contributed by atoms with van der Waals surface area (Å²) >= 11 is 0. The van der Waals surface area contributed by atoms with Crippen LogP contribution in [0.1, 0.15) is 29.8 Å². The summed E-state index contributed by atoms with van der Waals surface area (Å²) in [5, 5.41) is 3.99. The number of amides is 1. The minimum Gasteiger partial charge on any atom is -0.465 e. The highest BCUT2D eigenvalue weighted by Crippen LogP contribution is 2.22.